The number of aliphatic carboxylic acids is 1. The van der Waals surface area contributed by atoms with E-state index < -0.39 is 5.97 Å². The number of thioether (sulfide) groups is 1. The number of rotatable bonds is 9. The summed E-state index contributed by atoms with van der Waals surface area (Å²) in [7, 11) is 0. The first kappa shape index (κ1) is 18.1. The van der Waals surface area contributed by atoms with Gasteiger partial charge in [-0.25, -0.2) is 4.79 Å². The molecule has 0 bridgehead atoms. The first-order valence-corrected chi connectivity index (χ1v) is 8.59. The van der Waals surface area contributed by atoms with Gasteiger partial charge in [0, 0.05) is 24.4 Å². The van der Waals surface area contributed by atoms with E-state index in [1.807, 2.05) is 23.6 Å². The SMILES string of the molecule is CCN(CC(=O)O)C1CC(NC(=O)NCCSC(C)C)C1. The maximum absolute atomic E-state index is 11.7. The molecule has 0 heterocycles. The van der Waals surface area contributed by atoms with Crippen LogP contribution >= 0.6 is 11.8 Å². The van der Waals surface area contributed by atoms with E-state index in [0.29, 0.717) is 11.8 Å². The molecule has 0 aromatic carbocycles. The second-order valence-electron chi connectivity index (χ2n) is 5.60. The van der Waals surface area contributed by atoms with E-state index in [1.54, 1.807) is 0 Å². The van der Waals surface area contributed by atoms with Crippen LogP contribution in [0.5, 0.6) is 0 Å². The summed E-state index contributed by atoms with van der Waals surface area (Å²) < 4.78 is 0. The largest absolute Gasteiger partial charge is 0.480 e. The number of urea groups is 1. The summed E-state index contributed by atoms with van der Waals surface area (Å²) in [5.41, 5.74) is 0. The van der Waals surface area contributed by atoms with Gasteiger partial charge < -0.3 is 15.7 Å². The highest BCUT2D eigenvalue weighted by molar-refractivity contribution is 7.99. The van der Waals surface area contributed by atoms with Crippen molar-refractivity contribution >= 4 is 23.8 Å². The topological polar surface area (TPSA) is 81.7 Å². The van der Waals surface area contributed by atoms with E-state index in [1.165, 1.54) is 0 Å². The van der Waals surface area contributed by atoms with Crippen molar-refractivity contribution in [2.45, 2.75) is 50.9 Å². The minimum absolute atomic E-state index is 0.0759. The van der Waals surface area contributed by atoms with Crippen molar-refractivity contribution in [3.05, 3.63) is 0 Å². The Morgan fingerprint density at radius 2 is 2.05 bits per heavy atom. The van der Waals surface area contributed by atoms with Crippen LogP contribution in [0, 0.1) is 0 Å². The predicted octanol–water partition coefficient (Wildman–Crippen LogP) is 1.36. The van der Waals surface area contributed by atoms with Crippen LogP contribution in [0.2, 0.25) is 0 Å². The molecule has 6 nitrogen and oxygen atoms in total. The Kier molecular flexibility index (Phi) is 7.88. The van der Waals surface area contributed by atoms with Gasteiger partial charge >= 0.3 is 12.0 Å². The second kappa shape index (κ2) is 9.15. The Hall–Kier alpha value is -0.950. The Morgan fingerprint density at radius 1 is 1.38 bits per heavy atom. The molecule has 1 fully saturated rings. The van der Waals surface area contributed by atoms with E-state index in [4.69, 9.17) is 5.11 Å². The van der Waals surface area contributed by atoms with Gasteiger partial charge in [0.2, 0.25) is 0 Å². The molecule has 0 spiro atoms. The third kappa shape index (κ3) is 7.04. The average Bonchev–Trinajstić information content (AvgIpc) is 2.35. The first-order chi connectivity index (χ1) is 9.92. The van der Waals surface area contributed by atoms with Crippen molar-refractivity contribution in [1.29, 1.82) is 0 Å². The molecule has 7 heteroatoms. The van der Waals surface area contributed by atoms with Crippen LogP contribution in [-0.4, -0.2) is 64.7 Å². The zero-order valence-corrected chi connectivity index (χ0v) is 13.9. The molecule has 1 aliphatic rings. The van der Waals surface area contributed by atoms with Crippen molar-refractivity contribution in [2.24, 2.45) is 0 Å². The van der Waals surface area contributed by atoms with Gasteiger partial charge in [0.1, 0.15) is 0 Å². The number of carboxylic acid groups (broad SMARTS) is 1. The molecule has 0 aromatic rings. The molecule has 2 amide bonds. The van der Waals surface area contributed by atoms with Crippen molar-refractivity contribution in [2.75, 3.05) is 25.4 Å². The van der Waals surface area contributed by atoms with E-state index >= 15 is 0 Å². The number of carboxylic acids is 1. The molecule has 1 rings (SSSR count). The number of nitrogens with zero attached hydrogens (tertiary/aromatic N) is 1. The van der Waals surface area contributed by atoms with Crippen LogP contribution in [-0.2, 0) is 4.79 Å². The zero-order valence-electron chi connectivity index (χ0n) is 13.1. The lowest BCUT2D eigenvalue weighted by molar-refractivity contribution is -0.139. The molecular formula is C14H27N3O3S. The van der Waals surface area contributed by atoms with E-state index in [9.17, 15) is 9.59 Å². The van der Waals surface area contributed by atoms with Gasteiger partial charge in [0.05, 0.1) is 6.54 Å². The van der Waals surface area contributed by atoms with Crippen molar-refractivity contribution < 1.29 is 14.7 Å². The molecule has 1 aliphatic carbocycles. The van der Waals surface area contributed by atoms with Gasteiger partial charge in [-0.05, 0) is 24.6 Å². The molecule has 3 N–H and O–H groups in total. The number of likely N-dealkylation sites (N-methyl/N-ethyl adjacent to an activating group) is 1. The summed E-state index contributed by atoms with van der Waals surface area (Å²) in [6.45, 7) is 7.70. The highest BCUT2D eigenvalue weighted by Crippen LogP contribution is 2.25. The van der Waals surface area contributed by atoms with Gasteiger partial charge in [-0.15, -0.1) is 0 Å². The van der Waals surface area contributed by atoms with Crippen LogP contribution in [0.1, 0.15) is 33.6 Å². The van der Waals surface area contributed by atoms with Crippen LogP contribution in [0.4, 0.5) is 4.79 Å². The Bertz CT molecular complexity index is 346. The van der Waals surface area contributed by atoms with Gasteiger partial charge in [0.25, 0.3) is 0 Å². The second-order valence-corrected chi connectivity index (χ2v) is 7.28. The summed E-state index contributed by atoms with van der Waals surface area (Å²) in [5.74, 6) is 0.120. The molecule has 0 aromatic heterocycles. The van der Waals surface area contributed by atoms with E-state index in [-0.39, 0.29) is 24.7 Å². The number of amides is 2. The molecule has 0 aliphatic heterocycles. The van der Waals surface area contributed by atoms with Crippen LogP contribution in [0.3, 0.4) is 0 Å². The Labute approximate surface area is 131 Å². The van der Waals surface area contributed by atoms with Crippen LogP contribution in [0.25, 0.3) is 0 Å². The normalized spacial score (nSPS) is 21.2. The summed E-state index contributed by atoms with van der Waals surface area (Å²) >= 11 is 1.82. The average molecular weight is 317 g/mol. The number of carbonyl (C=O) groups excluding carboxylic acids is 1. The third-order valence-electron chi connectivity index (χ3n) is 3.55. The molecule has 21 heavy (non-hydrogen) atoms. The van der Waals surface area contributed by atoms with Crippen LogP contribution in [0.15, 0.2) is 0 Å². The molecule has 0 atom stereocenters. The lowest BCUT2D eigenvalue weighted by Crippen LogP contribution is -2.56. The lowest BCUT2D eigenvalue weighted by Gasteiger charge is -2.42. The number of hydrogen-bond donors (Lipinski definition) is 3. The maximum atomic E-state index is 11.7. The van der Waals surface area contributed by atoms with Gasteiger partial charge in [-0.3, -0.25) is 9.69 Å². The molecule has 0 saturated heterocycles. The van der Waals surface area contributed by atoms with Crippen molar-refractivity contribution in [1.82, 2.24) is 15.5 Å². The standard InChI is InChI=1S/C14H27N3O3S/c1-4-17(9-13(18)19)12-7-11(8-12)16-14(20)15-5-6-21-10(2)3/h10-12H,4-9H2,1-3H3,(H,18,19)(H2,15,16,20). The smallest absolute Gasteiger partial charge is 0.317 e. The van der Waals surface area contributed by atoms with Gasteiger partial charge in [-0.2, -0.15) is 11.8 Å². The Balaban J connectivity index is 2.13. The minimum atomic E-state index is -0.798. The van der Waals surface area contributed by atoms with Gasteiger partial charge in [-0.1, -0.05) is 20.8 Å². The molecule has 122 valence electrons. The van der Waals surface area contributed by atoms with Crippen molar-refractivity contribution in [3.63, 3.8) is 0 Å². The highest BCUT2D eigenvalue weighted by Gasteiger charge is 2.34. The first-order valence-electron chi connectivity index (χ1n) is 7.54. The quantitative estimate of drug-likeness (QED) is 0.560. The fourth-order valence-electron chi connectivity index (χ4n) is 2.37. The summed E-state index contributed by atoms with van der Waals surface area (Å²) in [6.07, 6.45) is 1.66. The predicted molar refractivity (Wildman–Crippen MR) is 85.8 cm³/mol. The molecule has 1 saturated carbocycles. The van der Waals surface area contributed by atoms with Crippen LogP contribution < -0.4 is 10.6 Å². The molecule has 0 unspecified atom stereocenters. The minimum Gasteiger partial charge on any atom is -0.480 e. The van der Waals surface area contributed by atoms with E-state index in [2.05, 4.69) is 24.5 Å². The zero-order chi connectivity index (χ0) is 15.8. The lowest BCUT2D eigenvalue weighted by atomic mass is 9.85. The monoisotopic (exact) mass is 317 g/mol. The number of hydrogen-bond acceptors (Lipinski definition) is 4. The number of nitrogens with one attached hydrogen (secondary N) is 2. The third-order valence-corrected chi connectivity index (χ3v) is 4.65. The highest BCUT2D eigenvalue weighted by atomic mass is 32.2. The maximum Gasteiger partial charge on any atom is 0.317 e. The summed E-state index contributed by atoms with van der Waals surface area (Å²) in [5, 5.41) is 15.2. The van der Waals surface area contributed by atoms with Crippen molar-refractivity contribution in [3.8, 4) is 0 Å². The fraction of sp³-hybridized carbons (Fsp3) is 0.857. The fourth-order valence-corrected chi connectivity index (χ4v) is 3.06. The van der Waals surface area contributed by atoms with E-state index in [0.717, 1.165) is 25.1 Å². The Morgan fingerprint density at radius 3 is 2.57 bits per heavy atom. The molecular weight excluding hydrogens is 290 g/mol. The summed E-state index contributed by atoms with van der Waals surface area (Å²) in [4.78, 5) is 24.4. The summed E-state index contributed by atoms with van der Waals surface area (Å²) in [6, 6.07) is 0.313. The van der Waals surface area contributed by atoms with Gasteiger partial charge in [0.15, 0.2) is 0 Å². The molecule has 0 radical (unpaired) electrons. The number of carbonyl (C=O) groups is 2.